The van der Waals surface area contributed by atoms with E-state index >= 15 is 0 Å². The molecular formula is C15H25N2OS+. The Kier molecular flexibility index (Phi) is 5.40. The van der Waals surface area contributed by atoms with E-state index in [0.717, 1.165) is 13.0 Å². The molecule has 1 aromatic rings. The maximum absolute atomic E-state index is 12.1. The molecule has 1 saturated carbocycles. The molecule has 1 aromatic heterocycles. The summed E-state index contributed by atoms with van der Waals surface area (Å²) in [5, 5.41) is 7.47. The van der Waals surface area contributed by atoms with Crippen LogP contribution < -0.4 is 10.2 Å². The molecule has 2 rings (SSSR count). The van der Waals surface area contributed by atoms with Gasteiger partial charge in [0.05, 0.1) is 7.05 Å². The quantitative estimate of drug-likeness (QED) is 0.842. The Morgan fingerprint density at radius 3 is 2.95 bits per heavy atom. The fourth-order valence-corrected chi connectivity index (χ4v) is 3.54. The summed E-state index contributed by atoms with van der Waals surface area (Å²) in [7, 11) is 2.08. The standard InChI is InChI=1S/C15H24N2OS/c1-12-5-3-4-6-14(12)16-15(18)10-17(2)9-13-7-8-19-11-13/h7-8,11-12,14H,3-6,9-10H2,1-2H3,(H,16,18)/p+1/t12-,14+/m0/s1. The first-order chi connectivity index (χ1) is 9.15. The van der Waals surface area contributed by atoms with Crippen LogP contribution in [0.4, 0.5) is 0 Å². The van der Waals surface area contributed by atoms with E-state index in [1.165, 1.54) is 29.7 Å². The molecule has 4 heteroatoms. The van der Waals surface area contributed by atoms with Crippen molar-refractivity contribution in [3.63, 3.8) is 0 Å². The van der Waals surface area contributed by atoms with Crippen LogP contribution in [0.1, 0.15) is 38.2 Å². The van der Waals surface area contributed by atoms with Crippen molar-refractivity contribution in [2.24, 2.45) is 5.92 Å². The predicted molar refractivity (Wildman–Crippen MR) is 79.3 cm³/mol. The Bertz CT molecular complexity index is 391. The Balaban J connectivity index is 1.74. The Morgan fingerprint density at radius 2 is 2.26 bits per heavy atom. The minimum atomic E-state index is 0.200. The molecule has 0 spiro atoms. The maximum atomic E-state index is 12.1. The number of rotatable bonds is 5. The molecule has 0 aliphatic heterocycles. The number of amides is 1. The van der Waals surface area contributed by atoms with Crippen LogP contribution in [-0.2, 0) is 11.3 Å². The highest BCUT2D eigenvalue weighted by Gasteiger charge is 2.23. The van der Waals surface area contributed by atoms with E-state index in [1.54, 1.807) is 11.3 Å². The average Bonchev–Trinajstić information content (AvgIpc) is 2.84. The fraction of sp³-hybridized carbons (Fsp3) is 0.667. The van der Waals surface area contributed by atoms with E-state index in [2.05, 4.69) is 36.1 Å². The normalized spacial score (nSPS) is 24.9. The Morgan fingerprint density at radius 1 is 1.47 bits per heavy atom. The number of hydrogen-bond acceptors (Lipinski definition) is 2. The second-order valence-electron chi connectivity index (χ2n) is 5.88. The number of carbonyl (C=O) groups excluding carboxylic acids is 1. The van der Waals surface area contributed by atoms with Crippen molar-refractivity contribution in [2.75, 3.05) is 13.6 Å². The van der Waals surface area contributed by atoms with Crippen molar-refractivity contribution in [1.29, 1.82) is 0 Å². The van der Waals surface area contributed by atoms with E-state index in [0.29, 0.717) is 18.5 Å². The molecule has 19 heavy (non-hydrogen) atoms. The molecule has 0 saturated heterocycles. The van der Waals surface area contributed by atoms with Gasteiger partial charge in [0.25, 0.3) is 5.91 Å². The van der Waals surface area contributed by atoms with Gasteiger partial charge in [-0.3, -0.25) is 4.79 Å². The number of carbonyl (C=O) groups is 1. The molecule has 1 amide bonds. The number of hydrogen-bond donors (Lipinski definition) is 2. The first kappa shape index (κ1) is 14.5. The average molecular weight is 281 g/mol. The van der Waals surface area contributed by atoms with Gasteiger partial charge in [0.1, 0.15) is 6.54 Å². The van der Waals surface area contributed by atoms with Gasteiger partial charge in [0.2, 0.25) is 0 Å². The van der Waals surface area contributed by atoms with Crippen LogP contribution in [0.25, 0.3) is 0 Å². The topological polar surface area (TPSA) is 33.5 Å². The van der Waals surface area contributed by atoms with Gasteiger partial charge in [-0.2, -0.15) is 11.3 Å². The third-order valence-electron chi connectivity index (χ3n) is 4.01. The second kappa shape index (κ2) is 7.06. The number of likely N-dealkylation sites (N-methyl/N-ethyl adjacent to an activating group) is 1. The summed E-state index contributed by atoms with van der Waals surface area (Å²) in [4.78, 5) is 13.3. The summed E-state index contributed by atoms with van der Waals surface area (Å²) in [6.45, 7) is 3.75. The van der Waals surface area contributed by atoms with Crippen molar-refractivity contribution >= 4 is 17.2 Å². The Hall–Kier alpha value is -0.870. The monoisotopic (exact) mass is 281 g/mol. The van der Waals surface area contributed by atoms with Crippen LogP contribution in [-0.4, -0.2) is 25.5 Å². The molecule has 0 bridgehead atoms. The van der Waals surface area contributed by atoms with Gasteiger partial charge in [-0.05, 0) is 35.6 Å². The summed E-state index contributed by atoms with van der Waals surface area (Å²) < 4.78 is 0. The van der Waals surface area contributed by atoms with Gasteiger partial charge >= 0.3 is 0 Å². The first-order valence-corrected chi connectivity index (χ1v) is 8.21. The lowest BCUT2D eigenvalue weighted by molar-refractivity contribution is -0.885. The number of nitrogens with one attached hydrogen (secondary N) is 2. The lowest BCUT2D eigenvalue weighted by atomic mass is 9.86. The third-order valence-corrected chi connectivity index (χ3v) is 4.74. The molecule has 0 aromatic carbocycles. The van der Waals surface area contributed by atoms with E-state index in [1.807, 2.05) is 0 Å². The van der Waals surface area contributed by atoms with Crippen LogP contribution >= 0.6 is 11.3 Å². The first-order valence-electron chi connectivity index (χ1n) is 7.27. The molecule has 3 atom stereocenters. The zero-order chi connectivity index (χ0) is 13.7. The van der Waals surface area contributed by atoms with Gasteiger partial charge in [-0.25, -0.2) is 0 Å². The molecule has 0 radical (unpaired) electrons. The minimum Gasteiger partial charge on any atom is -0.348 e. The van der Waals surface area contributed by atoms with Gasteiger partial charge in [0, 0.05) is 11.6 Å². The molecule has 1 aliphatic rings. The van der Waals surface area contributed by atoms with Crippen LogP contribution in [0, 0.1) is 5.92 Å². The van der Waals surface area contributed by atoms with E-state index < -0.39 is 0 Å². The number of quaternary nitrogens is 1. The van der Waals surface area contributed by atoms with Crippen LogP contribution in [0.2, 0.25) is 0 Å². The summed E-state index contributed by atoms with van der Waals surface area (Å²) in [5.74, 6) is 0.835. The van der Waals surface area contributed by atoms with Gasteiger partial charge < -0.3 is 10.2 Å². The maximum Gasteiger partial charge on any atom is 0.275 e. The lowest BCUT2D eigenvalue weighted by Crippen LogP contribution is -3.09. The molecule has 1 unspecified atom stereocenters. The summed E-state index contributed by atoms with van der Waals surface area (Å²) >= 11 is 1.72. The van der Waals surface area contributed by atoms with E-state index in [-0.39, 0.29) is 5.91 Å². The predicted octanol–water partition coefficient (Wildman–Crippen LogP) is 1.46. The van der Waals surface area contributed by atoms with Crippen molar-refractivity contribution in [3.8, 4) is 0 Å². The van der Waals surface area contributed by atoms with Crippen LogP contribution in [0.3, 0.4) is 0 Å². The molecule has 1 aliphatic carbocycles. The molecule has 106 valence electrons. The van der Waals surface area contributed by atoms with Gasteiger partial charge in [-0.1, -0.05) is 19.8 Å². The molecule has 2 N–H and O–H groups in total. The van der Waals surface area contributed by atoms with Crippen molar-refractivity contribution in [1.82, 2.24) is 5.32 Å². The minimum absolute atomic E-state index is 0.200. The van der Waals surface area contributed by atoms with Crippen molar-refractivity contribution < 1.29 is 9.69 Å². The van der Waals surface area contributed by atoms with Gasteiger partial charge in [-0.15, -0.1) is 0 Å². The highest BCUT2D eigenvalue weighted by molar-refractivity contribution is 7.07. The second-order valence-corrected chi connectivity index (χ2v) is 6.66. The number of thiophene rings is 1. The van der Waals surface area contributed by atoms with Gasteiger partial charge in [0.15, 0.2) is 6.54 Å². The summed E-state index contributed by atoms with van der Waals surface area (Å²) in [6.07, 6.45) is 4.97. The van der Waals surface area contributed by atoms with Crippen molar-refractivity contribution in [3.05, 3.63) is 22.4 Å². The Labute approximate surface area is 120 Å². The van der Waals surface area contributed by atoms with Crippen LogP contribution in [0.5, 0.6) is 0 Å². The molecule has 3 nitrogen and oxygen atoms in total. The zero-order valence-electron chi connectivity index (χ0n) is 11.9. The highest BCUT2D eigenvalue weighted by atomic mass is 32.1. The lowest BCUT2D eigenvalue weighted by Gasteiger charge is -2.29. The summed E-state index contributed by atoms with van der Waals surface area (Å²) in [5.41, 5.74) is 1.32. The largest absolute Gasteiger partial charge is 0.348 e. The van der Waals surface area contributed by atoms with Crippen LogP contribution in [0.15, 0.2) is 16.8 Å². The fourth-order valence-electron chi connectivity index (χ4n) is 2.87. The SMILES string of the molecule is C[C@H]1CCCC[C@H]1NC(=O)C[NH+](C)Cc1ccsc1. The highest BCUT2D eigenvalue weighted by Crippen LogP contribution is 2.23. The molecular weight excluding hydrogens is 256 g/mol. The molecule has 1 fully saturated rings. The van der Waals surface area contributed by atoms with Crippen molar-refractivity contribution in [2.45, 2.75) is 45.2 Å². The molecule has 1 heterocycles. The summed E-state index contributed by atoms with van der Waals surface area (Å²) in [6, 6.07) is 2.53. The van der Waals surface area contributed by atoms with E-state index in [9.17, 15) is 4.79 Å². The zero-order valence-corrected chi connectivity index (χ0v) is 12.8. The third kappa shape index (κ3) is 4.62. The van der Waals surface area contributed by atoms with E-state index in [4.69, 9.17) is 0 Å². The smallest absolute Gasteiger partial charge is 0.275 e.